The molecule has 15 heavy (non-hydrogen) atoms. The Labute approximate surface area is 88.7 Å². The van der Waals surface area contributed by atoms with E-state index in [1.54, 1.807) is 7.05 Å². The Balaban J connectivity index is 2.56. The fourth-order valence-corrected chi connectivity index (χ4v) is 1.37. The highest BCUT2D eigenvalue weighted by Crippen LogP contribution is 2.05. The van der Waals surface area contributed by atoms with Gasteiger partial charge in [0, 0.05) is 34.4 Å². The van der Waals surface area contributed by atoms with Crippen LogP contribution in [0.2, 0.25) is 0 Å². The number of piperazine rings is 1. The molecule has 0 aromatic rings. The van der Waals surface area contributed by atoms with Crippen molar-refractivity contribution in [1.82, 2.24) is 9.80 Å². The average molecular weight is 216 g/mol. The van der Waals surface area contributed by atoms with Gasteiger partial charge in [-0.3, -0.25) is 9.59 Å². The van der Waals surface area contributed by atoms with Crippen LogP contribution in [0, 0.1) is 0 Å². The fraction of sp³-hybridized carbons (Fsp3) is 0.778. The van der Waals surface area contributed by atoms with Gasteiger partial charge in [-0.15, -0.1) is 0 Å². The SMILES string of the molecule is COC(CN1CCN(C)C(=O)C1=O)OC. The quantitative estimate of drug-likeness (QED) is 0.442. The lowest BCUT2D eigenvalue weighted by Crippen LogP contribution is -2.54. The van der Waals surface area contributed by atoms with E-state index >= 15 is 0 Å². The fourth-order valence-electron chi connectivity index (χ4n) is 1.37. The molecular formula is C9H16N2O4. The Hall–Kier alpha value is -1.14. The molecule has 0 N–H and O–H groups in total. The summed E-state index contributed by atoms with van der Waals surface area (Å²) in [7, 11) is 4.61. The summed E-state index contributed by atoms with van der Waals surface area (Å²) in [4.78, 5) is 25.7. The molecule has 1 aliphatic heterocycles. The molecule has 6 nitrogen and oxygen atoms in total. The van der Waals surface area contributed by atoms with Crippen molar-refractivity contribution in [3.63, 3.8) is 0 Å². The largest absolute Gasteiger partial charge is 0.354 e. The number of methoxy groups -OCH3 is 2. The highest BCUT2D eigenvalue weighted by molar-refractivity contribution is 6.35. The molecule has 0 bridgehead atoms. The molecule has 0 aliphatic carbocycles. The van der Waals surface area contributed by atoms with Crippen LogP contribution in [0.1, 0.15) is 0 Å². The van der Waals surface area contributed by atoms with Gasteiger partial charge >= 0.3 is 11.8 Å². The molecule has 0 atom stereocenters. The Kier molecular flexibility index (Phi) is 4.05. The molecule has 1 fully saturated rings. The van der Waals surface area contributed by atoms with Crippen molar-refractivity contribution in [2.45, 2.75) is 6.29 Å². The highest BCUT2D eigenvalue weighted by atomic mass is 16.7. The third-order valence-electron chi connectivity index (χ3n) is 2.42. The van der Waals surface area contributed by atoms with E-state index in [9.17, 15) is 9.59 Å². The standard InChI is InChI=1S/C9H16N2O4/c1-10-4-5-11(9(13)8(10)12)6-7(14-2)15-3/h7H,4-6H2,1-3H3. The van der Waals surface area contributed by atoms with Crippen LogP contribution in [-0.2, 0) is 19.1 Å². The molecule has 1 rings (SSSR count). The van der Waals surface area contributed by atoms with Crippen molar-refractivity contribution in [3.8, 4) is 0 Å². The Morgan fingerprint density at radius 1 is 1.20 bits per heavy atom. The van der Waals surface area contributed by atoms with Crippen molar-refractivity contribution in [1.29, 1.82) is 0 Å². The second-order valence-corrected chi connectivity index (χ2v) is 3.38. The number of amides is 2. The summed E-state index contributed by atoms with van der Waals surface area (Å²) in [5, 5.41) is 0. The van der Waals surface area contributed by atoms with E-state index in [2.05, 4.69) is 0 Å². The number of hydrogen-bond donors (Lipinski definition) is 0. The number of carbonyl (C=O) groups excluding carboxylic acids is 2. The Morgan fingerprint density at radius 3 is 2.33 bits per heavy atom. The highest BCUT2D eigenvalue weighted by Gasteiger charge is 2.31. The van der Waals surface area contributed by atoms with Crippen LogP contribution in [0.3, 0.4) is 0 Å². The number of likely N-dealkylation sites (N-methyl/N-ethyl adjacent to an activating group) is 1. The minimum Gasteiger partial charge on any atom is -0.354 e. The summed E-state index contributed by atoms with van der Waals surface area (Å²) < 4.78 is 9.94. The topological polar surface area (TPSA) is 59.1 Å². The number of carbonyl (C=O) groups is 2. The first-order valence-electron chi connectivity index (χ1n) is 4.70. The minimum absolute atomic E-state index is 0.283. The lowest BCUT2D eigenvalue weighted by Gasteiger charge is -2.32. The molecule has 0 unspecified atom stereocenters. The molecule has 2 amide bonds. The summed E-state index contributed by atoms with van der Waals surface area (Å²) in [6.07, 6.45) is -0.481. The van der Waals surface area contributed by atoms with Gasteiger partial charge in [0.2, 0.25) is 0 Å². The maximum absolute atomic E-state index is 11.5. The van der Waals surface area contributed by atoms with E-state index in [0.29, 0.717) is 13.1 Å². The van der Waals surface area contributed by atoms with E-state index in [0.717, 1.165) is 0 Å². The van der Waals surface area contributed by atoms with Crippen molar-refractivity contribution in [2.75, 3.05) is 40.9 Å². The predicted octanol–water partition coefficient (Wildman–Crippen LogP) is -1.09. The zero-order valence-electron chi connectivity index (χ0n) is 9.23. The van der Waals surface area contributed by atoms with Crippen molar-refractivity contribution >= 4 is 11.8 Å². The van der Waals surface area contributed by atoms with Crippen LogP contribution in [0.4, 0.5) is 0 Å². The first kappa shape index (κ1) is 11.9. The van der Waals surface area contributed by atoms with Gasteiger partial charge in [0.25, 0.3) is 0 Å². The number of rotatable bonds is 4. The van der Waals surface area contributed by atoms with E-state index in [4.69, 9.17) is 9.47 Å². The van der Waals surface area contributed by atoms with Crippen LogP contribution in [0.5, 0.6) is 0 Å². The van der Waals surface area contributed by atoms with E-state index in [-0.39, 0.29) is 6.54 Å². The third kappa shape index (κ3) is 2.66. The van der Waals surface area contributed by atoms with Crippen molar-refractivity contribution in [2.24, 2.45) is 0 Å². The molecule has 0 aromatic carbocycles. The van der Waals surface area contributed by atoms with E-state index in [1.807, 2.05) is 0 Å². The monoisotopic (exact) mass is 216 g/mol. The minimum atomic E-state index is -0.497. The lowest BCUT2D eigenvalue weighted by atomic mass is 10.3. The first-order chi connectivity index (χ1) is 7.10. The summed E-state index contributed by atoms with van der Waals surface area (Å²) in [5.41, 5.74) is 0. The van der Waals surface area contributed by atoms with Gasteiger partial charge in [0.05, 0.1) is 6.54 Å². The van der Waals surface area contributed by atoms with Crippen LogP contribution in [0.15, 0.2) is 0 Å². The number of hydrogen-bond acceptors (Lipinski definition) is 4. The molecule has 1 heterocycles. The summed E-state index contributed by atoms with van der Waals surface area (Å²) in [5.74, 6) is -0.977. The zero-order valence-corrected chi connectivity index (χ0v) is 9.23. The van der Waals surface area contributed by atoms with Crippen molar-refractivity contribution in [3.05, 3.63) is 0 Å². The predicted molar refractivity (Wildman–Crippen MR) is 52.0 cm³/mol. The maximum Gasteiger partial charge on any atom is 0.312 e. The van der Waals surface area contributed by atoms with Gasteiger partial charge in [-0.1, -0.05) is 0 Å². The number of nitrogens with zero attached hydrogens (tertiary/aromatic N) is 2. The van der Waals surface area contributed by atoms with Gasteiger partial charge in [0.15, 0.2) is 6.29 Å². The average Bonchev–Trinajstić information content (AvgIpc) is 2.25. The molecular weight excluding hydrogens is 200 g/mol. The van der Waals surface area contributed by atoms with E-state index < -0.39 is 18.1 Å². The molecule has 0 radical (unpaired) electrons. The zero-order chi connectivity index (χ0) is 11.4. The first-order valence-corrected chi connectivity index (χ1v) is 4.70. The van der Waals surface area contributed by atoms with Crippen LogP contribution >= 0.6 is 0 Å². The number of ether oxygens (including phenoxy) is 2. The molecule has 86 valence electrons. The molecule has 0 saturated carbocycles. The summed E-state index contributed by atoms with van der Waals surface area (Å²) in [6, 6.07) is 0. The molecule has 1 aliphatic rings. The van der Waals surface area contributed by atoms with Gasteiger partial charge in [-0.25, -0.2) is 0 Å². The maximum atomic E-state index is 11.5. The van der Waals surface area contributed by atoms with E-state index in [1.165, 1.54) is 24.0 Å². The Bertz CT molecular complexity index is 252. The second-order valence-electron chi connectivity index (χ2n) is 3.38. The van der Waals surface area contributed by atoms with Gasteiger partial charge in [-0.2, -0.15) is 0 Å². The van der Waals surface area contributed by atoms with Gasteiger partial charge < -0.3 is 19.3 Å². The van der Waals surface area contributed by atoms with Crippen LogP contribution < -0.4 is 0 Å². The van der Waals surface area contributed by atoms with Gasteiger partial charge in [0.1, 0.15) is 0 Å². The summed E-state index contributed by atoms with van der Waals surface area (Å²) >= 11 is 0. The third-order valence-corrected chi connectivity index (χ3v) is 2.42. The molecule has 0 spiro atoms. The normalized spacial score (nSPS) is 17.9. The second kappa shape index (κ2) is 5.09. The lowest BCUT2D eigenvalue weighted by molar-refractivity contribution is -0.162. The van der Waals surface area contributed by atoms with Crippen LogP contribution in [0.25, 0.3) is 0 Å². The van der Waals surface area contributed by atoms with Gasteiger partial charge in [-0.05, 0) is 0 Å². The molecule has 0 aromatic heterocycles. The van der Waals surface area contributed by atoms with Crippen LogP contribution in [-0.4, -0.2) is 68.8 Å². The molecule has 1 saturated heterocycles. The Morgan fingerprint density at radius 2 is 1.80 bits per heavy atom. The summed E-state index contributed by atoms with van der Waals surface area (Å²) in [6.45, 7) is 1.35. The van der Waals surface area contributed by atoms with Crippen molar-refractivity contribution < 1.29 is 19.1 Å². The molecule has 6 heteroatoms. The smallest absolute Gasteiger partial charge is 0.312 e.